The molecule has 15 heavy (non-hydrogen) atoms. The van der Waals surface area contributed by atoms with Crippen molar-refractivity contribution in [1.29, 1.82) is 0 Å². The molecule has 4 heteroatoms. The van der Waals surface area contributed by atoms with Crippen molar-refractivity contribution in [3.05, 3.63) is 30.0 Å². The lowest BCUT2D eigenvalue weighted by atomic mass is 10.2. The zero-order valence-corrected chi connectivity index (χ0v) is 8.26. The molecule has 1 N–H and O–H groups in total. The highest BCUT2D eigenvalue weighted by Gasteiger charge is 2.02. The first-order valence-corrected chi connectivity index (χ1v) is 4.87. The number of aromatic nitrogens is 2. The summed E-state index contributed by atoms with van der Waals surface area (Å²) in [5, 5.41) is 13.9. The van der Waals surface area contributed by atoms with Crippen molar-refractivity contribution >= 4 is 17.2 Å². The second-order valence-electron chi connectivity index (χ2n) is 3.38. The maximum atomic E-state index is 10.6. The summed E-state index contributed by atoms with van der Waals surface area (Å²) in [5.74, 6) is 0. The first kappa shape index (κ1) is 9.86. The van der Waals surface area contributed by atoms with Gasteiger partial charge in [-0.15, -0.1) is 0 Å². The van der Waals surface area contributed by atoms with Gasteiger partial charge >= 0.3 is 0 Å². The Morgan fingerprint density at radius 2 is 2.33 bits per heavy atom. The minimum atomic E-state index is 0.160. The summed E-state index contributed by atoms with van der Waals surface area (Å²) in [6.45, 7) is 0.855. The molecular formula is C11H12N2O2. The molecule has 0 spiro atoms. The van der Waals surface area contributed by atoms with Crippen LogP contribution in [0.5, 0.6) is 0 Å². The van der Waals surface area contributed by atoms with Gasteiger partial charge in [0.05, 0.1) is 11.7 Å². The Hall–Kier alpha value is -1.68. The molecule has 0 bridgehead atoms. The molecule has 1 aromatic heterocycles. The van der Waals surface area contributed by atoms with Gasteiger partial charge in [-0.3, -0.25) is 9.48 Å². The van der Waals surface area contributed by atoms with Gasteiger partial charge in [0.2, 0.25) is 0 Å². The Morgan fingerprint density at radius 1 is 1.47 bits per heavy atom. The molecule has 0 unspecified atom stereocenters. The van der Waals surface area contributed by atoms with E-state index in [0.29, 0.717) is 18.5 Å². The predicted molar refractivity (Wildman–Crippen MR) is 56.8 cm³/mol. The maximum absolute atomic E-state index is 10.6. The Labute approximate surface area is 87.1 Å². The molecule has 2 aromatic rings. The third-order valence-corrected chi connectivity index (χ3v) is 2.33. The molecule has 0 atom stereocenters. The number of aryl methyl sites for hydroxylation is 1. The van der Waals surface area contributed by atoms with Gasteiger partial charge in [-0.2, -0.15) is 5.10 Å². The fraction of sp³-hybridized carbons (Fsp3) is 0.273. The highest BCUT2D eigenvalue weighted by atomic mass is 16.3. The fourth-order valence-corrected chi connectivity index (χ4v) is 1.58. The molecule has 1 aromatic carbocycles. The van der Waals surface area contributed by atoms with Crippen molar-refractivity contribution in [1.82, 2.24) is 9.78 Å². The highest BCUT2D eigenvalue weighted by Crippen LogP contribution is 2.15. The van der Waals surface area contributed by atoms with Crippen molar-refractivity contribution in [2.24, 2.45) is 0 Å². The average Bonchev–Trinajstić information content (AvgIpc) is 2.68. The van der Waals surface area contributed by atoms with Gasteiger partial charge < -0.3 is 5.11 Å². The monoisotopic (exact) mass is 204 g/mol. The zero-order valence-electron chi connectivity index (χ0n) is 8.26. The highest BCUT2D eigenvalue weighted by molar-refractivity contribution is 5.86. The minimum Gasteiger partial charge on any atom is -0.396 e. The lowest BCUT2D eigenvalue weighted by Crippen LogP contribution is -2.01. The van der Waals surface area contributed by atoms with Crippen LogP contribution in [0.3, 0.4) is 0 Å². The topological polar surface area (TPSA) is 55.1 Å². The number of carbonyl (C=O) groups excluding carboxylic acids is 1. The summed E-state index contributed by atoms with van der Waals surface area (Å²) < 4.78 is 1.83. The summed E-state index contributed by atoms with van der Waals surface area (Å²) in [7, 11) is 0. The molecule has 4 nitrogen and oxygen atoms in total. The van der Waals surface area contributed by atoms with E-state index in [9.17, 15) is 4.79 Å². The van der Waals surface area contributed by atoms with Crippen LogP contribution >= 0.6 is 0 Å². The van der Waals surface area contributed by atoms with E-state index in [0.717, 1.165) is 17.2 Å². The van der Waals surface area contributed by atoms with Crippen LogP contribution in [0, 0.1) is 0 Å². The van der Waals surface area contributed by atoms with Gasteiger partial charge in [0.25, 0.3) is 0 Å². The predicted octanol–water partition coefficient (Wildman–Crippen LogP) is 1.23. The molecular weight excluding hydrogens is 192 g/mol. The second kappa shape index (κ2) is 4.23. The van der Waals surface area contributed by atoms with E-state index in [1.807, 2.05) is 16.8 Å². The molecule has 0 amide bonds. The smallest absolute Gasteiger partial charge is 0.150 e. The molecule has 0 fully saturated rings. The van der Waals surface area contributed by atoms with Crippen LogP contribution in [-0.2, 0) is 6.54 Å². The van der Waals surface area contributed by atoms with Crippen LogP contribution in [0.2, 0.25) is 0 Å². The van der Waals surface area contributed by atoms with Crippen LogP contribution < -0.4 is 0 Å². The van der Waals surface area contributed by atoms with E-state index >= 15 is 0 Å². The molecule has 0 saturated heterocycles. The number of fused-ring (bicyclic) bond motifs is 1. The van der Waals surface area contributed by atoms with Crippen molar-refractivity contribution in [3.8, 4) is 0 Å². The molecule has 0 aliphatic carbocycles. The number of aliphatic hydroxyl groups is 1. The number of rotatable bonds is 4. The summed E-state index contributed by atoms with van der Waals surface area (Å²) in [6, 6.07) is 5.46. The molecule has 0 radical (unpaired) electrons. The first-order valence-electron chi connectivity index (χ1n) is 4.87. The van der Waals surface area contributed by atoms with Crippen LogP contribution in [0.4, 0.5) is 0 Å². The van der Waals surface area contributed by atoms with Crippen molar-refractivity contribution < 1.29 is 9.90 Å². The van der Waals surface area contributed by atoms with Crippen molar-refractivity contribution in [2.45, 2.75) is 13.0 Å². The largest absolute Gasteiger partial charge is 0.396 e. The molecule has 0 aliphatic rings. The van der Waals surface area contributed by atoms with Gasteiger partial charge in [-0.25, -0.2) is 0 Å². The van der Waals surface area contributed by atoms with E-state index in [1.54, 1.807) is 12.3 Å². The number of nitrogens with zero attached hydrogens (tertiary/aromatic N) is 2. The molecule has 78 valence electrons. The van der Waals surface area contributed by atoms with Crippen molar-refractivity contribution in [3.63, 3.8) is 0 Å². The number of carbonyl (C=O) groups is 1. The number of aldehydes is 1. The van der Waals surface area contributed by atoms with Crippen LogP contribution in [-0.4, -0.2) is 27.8 Å². The van der Waals surface area contributed by atoms with E-state index in [1.165, 1.54) is 0 Å². The summed E-state index contributed by atoms with van der Waals surface area (Å²) in [6.07, 6.45) is 3.25. The van der Waals surface area contributed by atoms with E-state index in [4.69, 9.17) is 5.11 Å². The second-order valence-corrected chi connectivity index (χ2v) is 3.38. The molecule has 0 aliphatic heterocycles. The van der Waals surface area contributed by atoms with Gasteiger partial charge in [-0.1, -0.05) is 0 Å². The Morgan fingerprint density at radius 3 is 3.07 bits per heavy atom. The number of hydrogen-bond donors (Lipinski definition) is 1. The van der Waals surface area contributed by atoms with Crippen LogP contribution in [0.25, 0.3) is 10.9 Å². The zero-order chi connectivity index (χ0) is 10.7. The normalized spacial score (nSPS) is 10.7. The Balaban J connectivity index is 2.38. The summed E-state index contributed by atoms with van der Waals surface area (Å²) in [5.41, 5.74) is 1.65. The molecule has 2 rings (SSSR count). The Bertz CT molecular complexity index is 476. The lowest BCUT2D eigenvalue weighted by molar-refractivity contribution is 0.112. The van der Waals surface area contributed by atoms with Gasteiger partial charge in [0.15, 0.2) is 0 Å². The van der Waals surface area contributed by atoms with E-state index < -0.39 is 0 Å². The third kappa shape index (κ3) is 1.89. The lowest BCUT2D eigenvalue weighted by Gasteiger charge is -2.01. The Kier molecular flexibility index (Phi) is 2.78. The quantitative estimate of drug-likeness (QED) is 0.762. The van der Waals surface area contributed by atoms with Gasteiger partial charge in [0, 0.05) is 24.1 Å². The average molecular weight is 204 g/mol. The van der Waals surface area contributed by atoms with Crippen molar-refractivity contribution in [2.75, 3.05) is 6.61 Å². The summed E-state index contributed by atoms with van der Waals surface area (Å²) >= 11 is 0. The minimum absolute atomic E-state index is 0.160. The standard InChI is InChI=1S/C11H12N2O2/c14-5-1-4-13-11-3-2-9(8-15)6-10(11)7-12-13/h2-3,6-8,14H,1,4-5H2. The van der Waals surface area contributed by atoms with Gasteiger partial charge in [0.1, 0.15) is 6.29 Å². The number of hydrogen-bond acceptors (Lipinski definition) is 3. The van der Waals surface area contributed by atoms with Gasteiger partial charge in [-0.05, 0) is 24.6 Å². The van der Waals surface area contributed by atoms with E-state index in [-0.39, 0.29) is 6.61 Å². The molecule has 1 heterocycles. The fourth-order valence-electron chi connectivity index (χ4n) is 1.58. The third-order valence-electron chi connectivity index (χ3n) is 2.33. The number of aliphatic hydroxyl groups excluding tert-OH is 1. The van der Waals surface area contributed by atoms with E-state index in [2.05, 4.69) is 5.10 Å². The summed E-state index contributed by atoms with van der Waals surface area (Å²) in [4.78, 5) is 10.6. The number of benzene rings is 1. The molecule has 0 saturated carbocycles. The maximum Gasteiger partial charge on any atom is 0.150 e. The van der Waals surface area contributed by atoms with Crippen LogP contribution in [0.15, 0.2) is 24.4 Å². The van der Waals surface area contributed by atoms with Crippen LogP contribution in [0.1, 0.15) is 16.8 Å². The first-order chi connectivity index (χ1) is 7.35. The SMILES string of the molecule is O=Cc1ccc2c(cnn2CCCO)c1.